The fourth-order valence-electron chi connectivity index (χ4n) is 1.59. The molecule has 7 heteroatoms. The molecule has 21 heavy (non-hydrogen) atoms. The molecule has 0 saturated heterocycles. The maximum atomic E-state index is 12.0. The van der Waals surface area contributed by atoms with Gasteiger partial charge in [0.1, 0.15) is 0 Å². The molecule has 1 unspecified atom stereocenters. The Kier molecular flexibility index (Phi) is 9.08. The topological polar surface area (TPSA) is 69.6 Å². The van der Waals surface area contributed by atoms with Crippen LogP contribution in [0.1, 0.15) is 13.3 Å². The first-order chi connectivity index (χ1) is 9.43. The SMILES string of the molecule is CSc1ccc(NC(=O)C(C)N(C)CCC(=O)O)cc1.Cl. The predicted octanol–water partition coefficient (Wildman–Crippen LogP) is 2.56. The maximum Gasteiger partial charge on any atom is 0.304 e. The first-order valence-electron chi connectivity index (χ1n) is 6.31. The molecule has 0 radical (unpaired) electrons. The van der Waals surface area contributed by atoms with E-state index in [4.69, 9.17) is 5.11 Å². The van der Waals surface area contributed by atoms with Crippen LogP contribution in [0.2, 0.25) is 0 Å². The third-order valence-electron chi connectivity index (χ3n) is 3.08. The number of nitrogens with one attached hydrogen (secondary N) is 1. The molecule has 0 fully saturated rings. The second-order valence-corrected chi connectivity index (χ2v) is 5.40. The Bertz CT molecular complexity index is 468. The van der Waals surface area contributed by atoms with Crippen LogP contribution in [-0.4, -0.2) is 47.8 Å². The lowest BCUT2D eigenvalue weighted by Gasteiger charge is -2.23. The molecule has 0 bridgehead atoms. The lowest BCUT2D eigenvalue weighted by molar-refractivity contribution is -0.137. The molecule has 5 nitrogen and oxygen atoms in total. The molecule has 0 heterocycles. The number of carboxylic acid groups (broad SMARTS) is 1. The van der Waals surface area contributed by atoms with Crippen molar-refractivity contribution < 1.29 is 14.7 Å². The molecular weight excluding hydrogens is 312 g/mol. The van der Waals surface area contributed by atoms with Crippen LogP contribution in [0.25, 0.3) is 0 Å². The smallest absolute Gasteiger partial charge is 0.304 e. The maximum absolute atomic E-state index is 12.0. The minimum atomic E-state index is -0.864. The third kappa shape index (κ3) is 6.84. The highest BCUT2D eigenvalue weighted by molar-refractivity contribution is 7.98. The Balaban J connectivity index is 0.00000400. The van der Waals surface area contributed by atoms with E-state index >= 15 is 0 Å². The molecule has 1 atom stereocenters. The molecule has 0 aliphatic carbocycles. The van der Waals surface area contributed by atoms with Gasteiger partial charge in [-0.15, -0.1) is 24.2 Å². The van der Waals surface area contributed by atoms with E-state index in [0.29, 0.717) is 6.54 Å². The van der Waals surface area contributed by atoms with Crippen molar-refractivity contribution in [3.05, 3.63) is 24.3 Å². The van der Waals surface area contributed by atoms with Crippen LogP contribution in [0.15, 0.2) is 29.2 Å². The molecule has 0 aliphatic heterocycles. The number of anilines is 1. The van der Waals surface area contributed by atoms with Crippen molar-refractivity contribution in [1.29, 1.82) is 0 Å². The second kappa shape index (κ2) is 9.65. The van der Waals surface area contributed by atoms with Gasteiger partial charge in [-0.25, -0.2) is 0 Å². The molecule has 1 aromatic rings. The standard InChI is InChI=1S/C14H20N2O3S.ClH/c1-10(16(2)9-8-13(17)18)14(19)15-11-4-6-12(20-3)7-5-11;/h4-7,10H,8-9H2,1-3H3,(H,15,19)(H,17,18);1H. The number of nitrogens with zero attached hydrogens (tertiary/aromatic N) is 1. The number of rotatable bonds is 7. The van der Waals surface area contributed by atoms with Crippen LogP contribution < -0.4 is 5.32 Å². The summed E-state index contributed by atoms with van der Waals surface area (Å²) in [6.45, 7) is 2.10. The lowest BCUT2D eigenvalue weighted by atomic mass is 10.2. The van der Waals surface area contributed by atoms with Gasteiger partial charge in [-0.1, -0.05) is 0 Å². The zero-order valence-corrected chi connectivity index (χ0v) is 14.0. The molecular formula is C14H21ClN2O3S. The number of hydrogen-bond donors (Lipinski definition) is 2. The number of carbonyl (C=O) groups excluding carboxylic acids is 1. The predicted molar refractivity (Wildman–Crippen MR) is 88.4 cm³/mol. The Hall–Kier alpha value is -1.24. The summed E-state index contributed by atoms with van der Waals surface area (Å²) in [5, 5.41) is 11.5. The second-order valence-electron chi connectivity index (χ2n) is 4.52. The highest BCUT2D eigenvalue weighted by atomic mass is 35.5. The number of thioether (sulfide) groups is 1. The molecule has 2 N–H and O–H groups in total. The van der Waals surface area contributed by atoms with E-state index in [9.17, 15) is 9.59 Å². The molecule has 0 aromatic heterocycles. The monoisotopic (exact) mass is 332 g/mol. The zero-order valence-electron chi connectivity index (χ0n) is 12.3. The summed E-state index contributed by atoms with van der Waals surface area (Å²) >= 11 is 1.64. The summed E-state index contributed by atoms with van der Waals surface area (Å²) in [6, 6.07) is 7.22. The molecule has 118 valence electrons. The van der Waals surface area contributed by atoms with E-state index in [1.807, 2.05) is 30.5 Å². The van der Waals surface area contributed by atoms with Crippen LogP contribution in [0.5, 0.6) is 0 Å². The molecule has 0 saturated carbocycles. The number of hydrogen-bond acceptors (Lipinski definition) is 4. The summed E-state index contributed by atoms with van der Waals surface area (Å²) in [5.41, 5.74) is 0.742. The molecule has 1 amide bonds. The molecule has 1 aromatic carbocycles. The van der Waals surface area contributed by atoms with Crippen molar-refractivity contribution in [2.45, 2.75) is 24.3 Å². The summed E-state index contributed by atoms with van der Waals surface area (Å²) < 4.78 is 0. The lowest BCUT2D eigenvalue weighted by Crippen LogP contribution is -2.40. The van der Waals surface area contributed by atoms with Gasteiger partial charge in [-0.2, -0.15) is 0 Å². The number of likely N-dealkylation sites (N-methyl/N-ethyl adjacent to an activating group) is 1. The Morgan fingerprint density at radius 3 is 2.38 bits per heavy atom. The average Bonchev–Trinajstić information content (AvgIpc) is 2.44. The van der Waals surface area contributed by atoms with Gasteiger partial charge in [0.05, 0.1) is 12.5 Å². The van der Waals surface area contributed by atoms with Crippen LogP contribution >= 0.6 is 24.2 Å². The molecule has 1 rings (SSSR count). The highest BCUT2D eigenvalue weighted by Gasteiger charge is 2.18. The van der Waals surface area contributed by atoms with E-state index in [2.05, 4.69) is 5.32 Å². The summed E-state index contributed by atoms with van der Waals surface area (Å²) in [5.74, 6) is -1.01. The van der Waals surface area contributed by atoms with E-state index in [-0.39, 0.29) is 30.8 Å². The number of carboxylic acids is 1. The van der Waals surface area contributed by atoms with Crippen molar-refractivity contribution >= 4 is 41.7 Å². The van der Waals surface area contributed by atoms with E-state index in [1.54, 1.807) is 30.6 Å². The van der Waals surface area contributed by atoms with E-state index in [0.717, 1.165) is 10.6 Å². The number of halogens is 1. The number of benzene rings is 1. The summed E-state index contributed by atoms with van der Waals surface area (Å²) in [4.78, 5) is 25.4. The van der Waals surface area contributed by atoms with Gasteiger partial charge in [0, 0.05) is 17.1 Å². The van der Waals surface area contributed by atoms with E-state index < -0.39 is 5.97 Å². The number of aliphatic carboxylic acids is 1. The summed E-state index contributed by atoms with van der Waals surface area (Å²) in [7, 11) is 1.74. The van der Waals surface area contributed by atoms with Crippen molar-refractivity contribution in [3.63, 3.8) is 0 Å². The van der Waals surface area contributed by atoms with Crippen LogP contribution in [0.3, 0.4) is 0 Å². The Morgan fingerprint density at radius 2 is 1.90 bits per heavy atom. The fraction of sp³-hybridized carbons (Fsp3) is 0.429. The van der Waals surface area contributed by atoms with Crippen molar-refractivity contribution in [1.82, 2.24) is 4.90 Å². The van der Waals surface area contributed by atoms with Crippen molar-refractivity contribution in [2.24, 2.45) is 0 Å². The van der Waals surface area contributed by atoms with Crippen LogP contribution in [-0.2, 0) is 9.59 Å². The minimum Gasteiger partial charge on any atom is -0.481 e. The fourth-order valence-corrected chi connectivity index (χ4v) is 2.00. The molecule has 0 spiro atoms. The van der Waals surface area contributed by atoms with Crippen molar-refractivity contribution in [2.75, 3.05) is 25.2 Å². The zero-order chi connectivity index (χ0) is 15.1. The number of amides is 1. The van der Waals surface area contributed by atoms with Crippen LogP contribution in [0.4, 0.5) is 5.69 Å². The van der Waals surface area contributed by atoms with E-state index in [1.165, 1.54) is 0 Å². The summed E-state index contributed by atoms with van der Waals surface area (Å²) in [6.07, 6.45) is 2.02. The number of carbonyl (C=O) groups is 2. The largest absolute Gasteiger partial charge is 0.481 e. The third-order valence-corrected chi connectivity index (χ3v) is 3.82. The minimum absolute atomic E-state index is 0. The first kappa shape index (κ1) is 19.8. The highest BCUT2D eigenvalue weighted by Crippen LogP contribution is 2.17. The van der Waals surface area contributed by atoms with Gasteiger partial charge in [-0.05, 0) is 44.5 Å². The average molecular weight is 333 g/mol. The first-order valence-corrected chi connectivity index (χ1v) is 7.53. The quantitative estimate of drug-likeness (QED) is 0.751. The molecule has 0 aliphatic rings. The normalized spacial score (nSPS) is 11.6. The van der Waals surface area contributed by atoms with Gasteiger partial charge >= 0.3 is 5.97 Å². The van der Waals surface area contributed by atoms with Gasteiger partial charge in [0.2, 0.25) is 5.91 Å². The Labute approximate surface area is 135 Å². The van der Waals surface area contributed by atoms with Gasteiger partial charge in [0.15, 0.2) is 0 Å². The van der Waals surface area contributed by atoms with Crippen LogP contribution in [0, 0.1) is 0 Å². The van der Waals surface area contributed by atoms with Crippen molar-refractivity contribution in [3.8, 4) is 0 Å². The van der Waals surface area contributed by atoms with Gasteiger partial charge < -0.3 is 10.4 Å². The Morgan fingerprint density at radius 1 is 1.33 bits per heavy atom. The van der Waals surface area contributed by atoms with Gasteiger partial charge in [0.25, 0.3) is 0 Å². The van der Waals surface area contributed by atoms with Gasteiger partial charge in [-0.3, -0.25) is 14.5 Å².